The van der Waals surface area contributed by atoms with Gasteiger partial charge in [-0.3, -0.25) is 4.79 Å². The molecule has 4 rings (SSSR count). The minimum absolute atomic E-state index is 0.0745. The number of H-pyrrole nitrogens is 1. The van der Waals surface area contributed by atoms with Gasteiger partial charge in [0.25, 0.3) is 5.91 Å². The van der Waals surface area contributed by atoms with Crippen LogP contribution in [0.1, 0.15) is 27.0 Å². The number of aromatic nitrogens is 1. The molecular formula is C26H20ClN3O3. The lowest BCUT2D eigenvalue weighted by atomic mass is 10.0. The molecular weight excluding hydrogens is 438 g/mol. The maximum atomic E-state index is 13.1. The Labute approximate surface area is 195 Å². The number of nitrogens with one attached hydrogen (secondary N) is 2. The minimum atomic E-state index is -0.956. The Morgan fingerprint density at radius 1 is 1.00 bits per heavy atom. The summed E-state index contributed by atoms with van der Waals surface area (Å²) in [5, 5.41) is 13.3. The first-order chi connectivity index (χ1) is 16.1. The van der Waals surface area contributed by atoms with E-state index < -0.39 is 17.9 Å². The molecule has 7 heteroatoms. The van der Waals surface area contributed by atoms with E-state index in [0.717, 1.165) is 16.5 Å². The maximum absolute atomic E-state index is 13.1. The summed E-state index contributed by atoms with van der Waals surface area (Å²) in [5.41, 5.74) is 3.09. The van der Waals surface area contributed by atoms with Crippen molar-refractivity contribution in [2.75, 3.05) is 0 Å². The Hall–Kier alpha value is -4.08. The predicted molar refractivity (Wildman–Crippen MR) is 126 cm³/mol. The standard InChI is InChI=1S/C26H20ClN3O3/c27-22-11-5-3-10-21(22)25(31)30-24(13-19-15-29-23-12-6-4-9-20(19)23)26(32)33-16-18-8-2-1-7-17(18)14-28/h1-12,15,24,29H,13,16H2,(H,30,31). The first-order valence-electron chi connectivity index (χ1n) is 10.3. The number of aromatic amines is 1. The SMILES string of the molecule is N#Cc1ccccc1COC(=O)C(Cc1c[nH]c2ccccc12)NC(=O)c1ccccc1Cl. The van der Waals surface area contributed by atoms with E-state index in [2.05, 4.69) is 16.4 Å². The van der Waals surface area contributed by atoms with Crippen molar-refractivity contribution in [3.63, 3.8) is 0 Å². The fourth-order valence-electron chi connectivity index (χ4n) is 3.60. The summed E-state index contributed by atoms with van der Waals surface area (Å²) in [6, 6.07) is 22.4. The van der Waals surface area contributed by atoms with Crippen LogP contribution in [-0.4, -0.2) is 22.9 Å². The molecule has 6 nitrogen and oxygen atoms in total. The molecule has 33 heavy (non-hydrogen) atoms. The summed E-state index contributed by atoms with van der Waals surface area (Å²) in [7, 11) is 0. The van der Waals surface area contributed by atoms with E-state index in [1.807, 2.05) is 30.5 Å². The number of esters is 1. The third-order valence-electron chi connectivity index (χ3n) is 5.32. The Balaban J connectivity index is 1.57. The number of hydrogen-bond donors (Lipinski definition) is 2. The summed E-state index contributed by atoms with van der Waals surface area (Å²) in [6.07, 6.45) is 2.04. The topological polar surface area (TPSA) is 95.0 Å². The summed E-state index contributed by atoms with van der Waals surface area (Å²) >= 11 is 6.16. The van der Waals surface area contributed by atoms with E-state index >= 15 is 0 Å². The van der Waals surface area contributed by atoms with Gasteiger partial charge in [0.1, 0.15) is 12.6 Å². The number of carbonyl (C=O) groups is 2. The molecule has 0 radical (unpaired) electrons. The number of para-hydroxylation sites is 1. The molecule has 0 bridgehead atoms. The summed E-state index contributed by atoms with van der Waals surface area (Å²) in [4.78, 5) is 29.1. The van der Waals surface area contributed by atoms with Crippen LogP contribution in [0, 0.1) is 11.3 Å². The fourth-order valence-corrected chi connectivity index (χ4v) is 3.82. The van der Waals surface area contributed by atoms with Gasteiger partial charge in [-0.1, -0.05) is 60.1 Å². The first kappa shape index (κ1) is 22.1. The van der Waals surface area contributed by atoms with E-state index in [0.29, 0.717) is 11.1 Å². The monoisotopic (exact) mass is 457 g/mol. The van der Waals surface area contributed by atoms with E-state index in [4.69, 9.17) is 16.3 Å². The molecule has 0 spiro atoms. The third kappa shape index (κ3) is 5.05. The van der Waals surface area contributed by atoms with Gasteiger partial charge in [0.2, 0.25) is 0 Å². The molecule has 1 aromatic heterocycles. The van der Waals surface area contributed by atoms with Gasteiger partial charge < -0.3 is 15.0 Å². The van der Waals surface area contributed by atoms with Crippen LogP contribution >= 0.6 is 11.6 Å². The van der Waals surface area contributed by atoms with Crippen LogP contribution in [0.15, 0.2) is 79.0 Å². The highest BCUT2D eigenvalue weighted by Gasteiger charge is 2.25. The molecule has 1 unspecified atom stereocenters. The van der Waals surface area contributed by atoms with Crippen LogP contribution in [-0.2, 0) is 22.6 Å². The van der Waals surface area contributed by atoms with Gasteiger partial charge in [0.05, 0.1) is 22.2 Å². The molecule has 0 aliphatic carbocycles. The minimum Gasteiger partial charge on any atom is -0.459 e. The number of benzene rings is 3. The van der Waals surface area contributed by atoms with Crippen LogP contribution in [0.4, 0.5) is 0 Å². The van der Waals surface area contributed by atoms with Gasteiger partial charge in [-0.2, -0.15) is 5.26 Å². The largest absolute Gasteiger partial charge is 0.459 e. The zero-order valence-electron chi connectivity index (χ0n) is 17.5. The highest BCUT2D eigenvalue weighted by Crippen LogP contribution is 2.21. The van der Waals surface area contributed by atoms with Gasteiger partial charge in [0.15, 0.2) is 0 Å². The Morgan fingerprint density at radius 3 is 2.55 bits per heavy atom. The lowest BCUT2D eigenvalue weighted by molar-refractivity contribution is -0.147. The quantitative estimate of drug-likeness (QED) is 0.390. The second-order valence-corrected chi connectivity index (χ2v) is 7.85. The normalized spacial score (nSPS) is 11.5. The van der Waals surface area contributed by atoms with Crippen molar-refractivity contribution in [1.29, 1.82) is 5.26 Å². The van der Waals surface area contributed by atoms with Gasteiger partial charge >= 0.3 is 5.97 Å². The number of halogens is 1. The summed E-state index contributed by atoms with van der Waals surface area (Å²) < 4.78 is 5.51. The van der Waals surface area contributed by atoms with Crippen LogP contribution in [0.2, 0.25) is 5.02 Å². The second kappa shape index (κ2) is 10.0. The fraction of sp³-hybridized carbons (Fsp3) is 0.115. The number of amides is 1. The lowest BCUT2D eigenvalue weighted by Crippen LogP contribution is -2.43. The van der Waals surface area contributed by atoms with E-state index in [1.165, 1.54) is 0 Å². The molecule has 0 saturated heterocycles. The number of hydrogen-bond acceptors (Lipinski definition) is 4. The molecule has 4 aromatic rings. The van der Waals surface area contributed by atoms with Crippen molar-refractivity contribution in [3.05, 3.63) is 106 Å². The lowest BCUT2D eigenvalue weighted by Gasteiger charge is -2.18. The maximum Gasteiger partial charge on any atom is 0.329 e. The molecule has 2 N–H and O–H groups in total. The average molecular weight is 458 g/mol. The number of ether oxygens (including phenoxy) is 1. The summed E-state index contributed by atoms with van der Waals surface area (Å²) in [5.74, 6) is -1.08. The van der Waals surface area contributed by atoms with Crippen LogP contribution < -0.4 is 5.32 Å². The predicted octanol–water partition coefficient (Wildman–Crippen LogP) is 4.78. The van der Waals surface area contributed by atoms with Crippen LogP contribution in [0.5, 0.6) is 0 Å². The van der Waals surface area contributed by atoms with Crippen molar-refractivity contribution in [3.8, 4) is 6.07 Å². The van der Waals surface area contributed by atoms with Crippen molar-refractivity contribution < 1.29 is 14.3 Å². The van der Waals surface area contributed by atoms with Crippen molar-refractivity contribution in [1.82, 2.24) is 10.3 Å². The molecule has 164 valence electrons. The van der Waals surface area contributed by atoms with Crippen LogP contribution in [0.3, 0.4) is 0 Å². The zero-order valence-corrected chi connectivity index (χ0v) is 18.3. The summed E-state index contributed by atoms with van der Waals surface area (Å²) in [6.45, 7) is -0.0745. The Morgan fingerprint density at radius 2 is 1.73 bits per heavy atom. The molecule has 0 aliphatic rings. The highest BCUT2D eigenvalue weighted by molar-refractivity contribution is 6.33. The number of carbonyl (C=O) groups excluding carboxylic acids is 2. The third-order valence-corrected chi connectivity index (χ3v) is 5.64. The molecule has 1 amide bonds. The molecule has 0 fully saturated rings. The number of fused-ring (bicyclic) bond motifs is 1. The molecule has 0 aliphatic heterocycles. The van der Waals surface area contributed by atoms with Gasteiger partial charge in [-0.25, -0.2) is 4.79 Å². The smallest absolute Gasteiger partial charge is 0.329 e. The molecule has 1 atom stereocenters. The molecule has 0 saturated carbocycles. The van der Waals surface area contributed by atoms with E-state index in [9.17, 15) is 14.9 Å². The van der Waals surface area contributed by atoms with Crippen molar-refractivity contribution in [2.24, 2.45) is 0 Å². The Bertz CT molecular complexity index is 1360. The van der Waals surface area contributed by atoms with Crippen LogP contribution in [0.25, 0.3) is 10.9 Å². The first-order valence-corrected chi connectivity index (χ1v) is 10.7. The van der Waals surface area contributed by atoms with Gasteiger partial charge in [-0.15, -0.1) is 0 Å². The highest BCUT2D eigenvalue weighted by atomic mass is 35.5. The van der Waals surface area contributed by atoms with Gasteiger partial charge in [0, 0.05) is 29.1 Å². The van der Waals surface area contributed by atoms with Crippen molar-refractivity contribution >= 4 is 34.4 Å². The molecule has 3 aromatic carbocycles. The number of nitrogens with zero attached hydrogens (tertiary/aromatic N) is 1. The van der Waals surface area contributed by atoms with E-state index in [1.54, 1.807) is 48.5 Å². The van der Waals surface area contributed by atoms with Gasteiger partial charge in [-0.05, 0) is 29.8 Å². The van der Waals surface area contributed by atoms with Crippen molar-refractivity contribution in [2.45, 2.75) is 19.1 Å². The zero-order chi connectivity index (χ0) is 23.2. The molecule has 1 heterocycles. The number of rotatable bonds is 7. The Kier molecular flexibility index (Phi) is 6.72. The van der Waals surface area contributed by atoms with E-state index in [-0.39, 0.29) is 23.6 Å². The second-order valence-electron chi connectivity index (χ2n) is 7.45. The average Bonchev–Trinajstić information content (AvgIpc) is 3.25. The number of nitriles is 1.